The number of nitrogens with zero attached hydrogens (tertiary/aromatic N) is 3. The lowest BCUT2D eigenvalue weighted by Crippen LogP contribution is -2.43. The molecular formula is C19H28N6O2. The van der Waals surface area contributed by atoms with Crippen LogP contribution >= 0.6 is 0 Å². The summed E-state index contributed by atoms with van der Waals surface area (Å²) in [5.74, 6) is 0.892. The Hall–Kier alpha value is -2.45. The Morgan fingerprint density at radius 1 is 1.48 bits per heavy atom. The van der Waals surface area contributed by atoms with E-state index in [1.807, 2.05) is 4.90 Å². The molecule has 0 spiro atoms. The molecule has 27 heavy (non-hydrogen) atoms. The van der Waals surface area contributed by atoms with Crippen molar-refractivity contribution in [2.75, 3.05) is 25.0 Å². The van der Waals surface area contributed by atoms with Crippen LogP contribution in [0.3, 0.4) is 0 Å². The number of nitrogens with one attached hydrogen (secondary N) is 3. The van der Waals surface area contributed by atoms with Crippen LogP contribution in [-0.2, 0) is 0 Å². The maximum absolute atomic E-state index is 12.4. The Kier molecular flexibility index (Phi) is 6.08. The summed E-state index contributed by atoms with van der Waals surface area (Å²) < 4.78 is 0. The van der Waals surface area contributed by atoms with Crippen LogP contribution in [0.5, 0.6) is 0 Å². The predicted molar refractivity (Wildman–Crippen MR) is 105 cm³/mol. The molecule has 1 unspecified atom stereocenters. The third-order valence-electron chi connectivity index (χ3n) is 4.76. The number of piperidine rings is 1. The van der Waals surface area contributed by atoms with E-state index in [1.54, 1.807) is 18.5 Å². The number of aliphatic hydroxyl groups is 1. The molecule has 146 valence electrons. The van der Waals surface area contributed by atoms with Gasteiger partial charge in [-0.1, -0.05) is 20.4 Å². The van der Waals surface area contributed by atoms with Crippen LogP contribution in [0.4, 0.5) is 5.82 Å². The second kappa shape index (κ2) is 8.49. The number of H-pyrrole nitrogens is 1. The molecule has 8 nitrogen and oxygen atoms in total. The van der Waals surface area contributed by atoms with Crippen LogP contribution < -0.4 is 10.6 Å². The molecule has 0 radical (unpaired) electrons. The Morgan fingerprint density at radius 2 is 2.22 bits per heavy atom. The van der Waals surface area contributed by atoms with E-state index in [0.29, 0.717) is 35.0 Å². The van der Waals surface area contributed by atoms with Crippen molar-refractivity contribution in [3.63, 3.8) is 0 Å². The van der Waals surface area contributed by atoms with Gasteiger partial charge in [0.15, 0.2) is 5.65 Å². The lowest BCUT2D eigenvalue weighted by Gasteiger charge is -2.34. The molecule has 0 bridgehead atoms. The number of aromatic amines is 1. The van der Waals surface area contributed by atoms with E-state index >= 15 is 0 Å². The maximum atomic E-state index is 12.4. The average molecular weight is 372 g/mol. The number of rotatable bonds is 7. The second-order valence-electron chi connectivity index (χ2n) is 7.36. The number of hydrogen-bond acceptors (Lipinski definition) is 6. The molecule has 8 heteroatoms. The van der Waals surface area contributed by atoms with E-state index in [1.165, 1.54) is 0 Å². The van der Waals surface area contributed by atoms with E-state index in [0.717, 1.165) is 25.9 Å². The van der Waals surface area contributed by atoms with Crippen LogP contribution in [-0.4, -0.2) is 62.8 Å². The van der Waals surface area contributed by atoms with Crippen LogP contribution in [0.2, 0.25) is 0 Å². The van der Waals surface area contributed by atoms with Crippen LogP contribution in [0, 0.1) is 5.92 Å². The number of likely N-dealkylation sites (tertiary alicyclic amines) is 1. The van der Waals surface area contributed by atoms with Gasteiger partial charge in [0.2, 0.25) is 0 Å². The zero-order valence-corrected chi connectivity index (χ0v) is 15.9. The second-order valence-corrected chi connectivity index (χ2v) is 7.36. The van der Waals surface area contributed by atoms with Crippen LogP contribution in [0.25, 0.3) is 11.2 Å². The van der Waals surface area contributed by atoms with E-state index in [9.17, 15) is 9.90 Å². The first-order valence-electron chi connectivity index (χ1n) is 9.41. The number of amides is 1. The predicted octanol–water partition coefficient (Wildman–Crippen LogP) is 1.72. The fraction of sp³-hybridized carbons (Fsp3) is 0.526. The molecule has 2 aromatic rings. The van der Waals surface area contributed by atoms with Crippen molar-refractivity contribution in [3.8, 4) is 0 Å². The van der Waals surface area contributed by atoms with Gasteiger partial charge in [-0.25, -0.2) is 9.97 Å². The molecular weight excluding hydrogens is 344 g/mol. The fourth-order valence-electron chi connectivity index (χ4n) is 3.19. The summed E-state index contributed by atoms with van der Waals surface area (Å²) >= 11 is 0. The van der Waals surface area contributed by atoms with Gasteiger partial charge in [0.1, 0.15) is 17.6 Å². The van der Waals surface area contributed by atoms with Gasteiger partial charge < -0.3 is 20.7 Å². The summed E-state index contributed by atoms with van der Waals surface area (Å²) in [4.78, 5) is 26.4. The minimum atomic E-state index is -0.589. The number of anilines is 1. The first-order valence-corrected chi connectivity index (χ1v) is 9.41. The van der Waals surface area contributed by atoms with Crippen molar-refractivity contribution in [3.05, 3.63) is 30.6 Å². The molecule has 0 aromatic carbocycles. The summed E-state index contributed by atoms with van der Waals surface area (Å²) in [6, 6.07) is 0.252. The number of aliphatic hydroxyl groups excluding tert-OH is 1. The lowest BCUT2D eigenvalue weighted by molar-refractivity contribution is 0.0263. The highest BCUT2D eigenvalue weighted by Gasteiger charge is 2.23. The minimum absolute atomic E-state index is 0.145. The van der Waals surface area contributed by atoms with Gasteiger partial charge in [-0.3, -0.25) is 9.69 Å². The molecule has 1 aliphatic rings. The zero-order valence-electron chi connectivity index (χ0n) is 15.9. The number of fused-ring (bicyclic) bond motifs is 1. The molecule has 0 saturated carbocycles. The zero-order chi connectivity index (χ0) is 19.4. The SMILES string of the molecule is C=CC(O)N1CCC(Nc2cnc3[nH]cc(C(=O)NCC(C)C)c3n2)CC1. The van der Waals surface area contributed by atoms with Crippen molar-refractivity contribution >= 4 is 22.9 Å². The van der Waals surface area contributed by atoms with Crippen molar-refractivity contribution < 1.29 is 9.90 Å². The van der Waals surface area contributed by atoms with Gasteiger partial charge in [0.25, 0.3) is 5.91 Å². The van der Waals surface area contributed by atoms with Gasteiger partial charge in [-0.2, -0.15) is 0 Å². The summed E-state index contributed by atoms with van der Waals surface area (Å²) in [7, 11) is 0. The summed E-state index contributed by atoms with van der Waals surface area (Å²) in [5.41, 5.74) is 1.67. The molecule has 1 amide bonds. The van der Waals surface area contributed by atoms with E-state index < -0.39 is 6.23 Å². The third-order valence-corrected chi connectivity index (χ3v) is 4.76. The molecule has 4 N–H and O–H groups in total. The minimum Gasteiger partial charge on any atom is -0.375 e. The Balaban J connectivity index is 1.67. The van der Waals surface area contributed by atoms with Crippen molar-refractivity contribution in [1.82, 2.24) is 25.2 Å². The highest BCUT2D eigenvalue weighted by molar-refractivity contribution is 6.04. The molecule has 1 atom stereocenters. The van der Waals surface area contributed by atoms with Gasteiger partial charge in [-0.15, -0.1) is 0 Å². The Morgan fingerprint density at radius 3 is 2.89 bits per heavy atom. The lowest BCUT2D eigenvalue weighted by atomic mass is 10.0. The smallest absolute Gasteiger partial charge is 0.255 e. The van der Waals surface area contributed by atoms with E-state index in [-0.39, 0.29) is 11.9 Å². The number of hydrogen-bond donors (Lipinski definition) is 4. The molecule has 3 heterocycles. The largest absolute Gasteiger partial charge is 0.375 e. The molecule has 3 rings (SSSR count). The van der Waals surface area contributed by atoms with E-state index in [4.69, 9.17) is 0 Å². The number of carbonyl (C=O) groups is 1. The standard InChI is InChI=1S/C19H28N6O2/c1-4-16(26)25-7-5-13(6-8-25)23-15-11-21-18-17(24-15)14(10-20-18)19(27)22-9-12(2)3/h4,10-13,16,26H,1,5-9H2,2-3H3,(H,20,21)(H,22,27)(H,23,24). The molecule has 2 aromatic heterocycles. The highest BCUT2D eigenvalue weighted by atomic mass is 16.3. The van der Waals surface area contributed by atoms with Crippen molar-refractivity contribution in [2.45, 2.75) is 39.0 Å². The average Bonchev–Trinajstić information content (AvgIpc) is 3.09. The van der Waals surface area contributed by atoms with Gasteiger partial charge in [-0.05, 0) is 24.8 Å². The molecule has 1 saturated heterocycles. The number of aromatic nitrogens is 3. The van der Waals surface area contributed by atoms with Gasteiger partial charge in [0, 0.05) is 31.9 Å². The number of carbonyl (C=O) groups excluding carboxylic acids is 1. The summed E-state index contributed by atoms with van der Waals surface area (Å²) in [5, 5.41) is 16.2. The van der Waals surface area contributed by atoms with Crippen LogP contribution in [0.15, 0.2) is 25.0 Å². The van der Waals surface area contributed by atoms with Gasteiger partial charge >= 0.3 is 0 Å². The Bertz CT molecular complexity index is 795. The van der Waals surface area contributed by atoms with Crippen molar-refractivity contribution in [2.24, 2.45) is 5.92 Å². The topological polar surface area (TPSA) is 106 Å². The normalized spacial score (nSPS) is 17.2. The maximum Gasteiger partial charge on any atom is 0.255 e. The quantitative estimate of drug-likeness (QED) is 0.552. The van der Waals surface area contributed by atoms with Crippen LogP contribution in [0.1, 0.15) is 37.0 Å². The van der Waals surface area contributed by atoms with Gasteiger partial charge in [0.05, 0.1) is 11.8 Å². The van der Waals surface area contributed by atoms with E-state index in [2.05, 4.69) is 46.0 Å². The summed E-state index contributed by atoms with van der Waals surface area (Å²) in [6.45, 7) is 9.92. The molecule has 1 fully saturated rings. The fourth-order valence-corrected chi connectivity index (χ4v) is 3.19. The first-order chi connectivity index (χ1) is 13.0. The molecule has 0 aliphatic carbocycles. The first kappa shape index (κ1) is 19.3. The summed E-state index contributed by atoms with van der Waals surface area (Å²) in [6.07, 6.45) is 6.07. The molecule has 1 aliphatic heterocycles. The third kappa shape index (κ3) is 4.64. The highest BCUT2D eigenvalue weighted by Crippen LogP contribution is 2.20. The van der Waals surface area contributed by atoms with Crippen molar-refractivity contribution in [1.29, 1.82) is 0 Å². The Labute approximate surface area is 159 Å². The monoisotopic (exact) mass is 372 g/mol.